The summed E-state index contributed by atoms with van der Waals surface area (Å²) in [5, 5.41) is 2.54. The minimum atomic E-state index is -0.917. The Labute approximate surface area is 129 Å². The maximum atomic E-state index is 12.1. The van der Waals surface area contributed by atoms with Crippen LogP contribution in [0.2, 0.25) is 0 Å². The third-order valence-electron chi connectivity index (χ3n) is 3.72. The monoisotopic (exact) mass is 304 g/mol. The van der Waals surface area contributed by atoms with Crippen molar-refractivity contribution in [3.63, 3.8) is 0 Å². The van der Waals surface area contributed by atoms with Crippen molar-refractivity contribution in [2.45, 2.75) is 33.2 Å². The Morgan fingerprint density at radius 2 is 2.05 bits per heavy atom. The summed E-state index contributed by atoms with van der Waals surface area (Å²) in [6.07, 6.45) is 0.179. The fourth-order valence-electron chi connectivity index (χ4n) is 2.39. The topological polar surface area (TPSA) is 75.7 Å². The number of esters is 1. The van der Waals surface area contributed by atoms with E-state index in [2.05, 4.69) is 10.1 Å². The molecule has 118 valence electrons. The van der Waals surface area contributed by atoms with Crippen molar-refractivity contribution in [1.29, 1.82) is 0 Å². The molecule has 0 radical (unpaired) electrons. The first-order chi connectivity index (χ1) is 10.4. The molecule has 1 aromatic rings. The molecule has 0 aromatic heterocycles. The zero-order chi connectivity index (χ0) is 16.3. The number of anilines is 1. The second kappa shape index (κ2) is 6.60. The molecule has 1 aromatic carbocycles. The van der Waals surface area contributed by atoms with Gasteiger partial charge in [0.2, 0.25) is 5.91 Å². The van der Waals surface area contributed by atoms with Crippen molar-refractivity contribution in [3.8, 4) is 0 Å². The van der Waals surface area contributed by atoms with Crippen LogP contribution in [0.5, 0.6) is 0 Å². The highest BCUT2D eigenvalue weighted by Crippen LogP contribution is 2.24. The van der Waals surface area contributed by atoms with Crippen molar-refractivity contribution in [1.82, 2.24) is 5.32 Å². The maximum Gasteiger partial charge on any atom is 0.396 e. The van der Waals surface area contributed by atoms with Gasteiger partial charge in [-0.05, 0) is 44.0 Å². The second-order valence-electron chi connectivity index (χ2n) is 5.37. The van der Waals surface area contributed by atoms with Crippen LogP contribution in [0.4, 0.5) is 5.69 Å². The molecule has 6 heteroatoms. The lowest BCUT2D eigenvalue weighted by molar-refractivity contribution is -0.154. The van der Waals surface area contributed by atoms with E-state index in [1.807, 2.05) is 32.0 Å². The van der Waals surface area contributed by atoms with Gasteiger partial charge in [-0.2, -0.15) is 0 Å². The van der Waals surface area contributed by atoms with E-state index in [0.717, 1.165) is 16.8 Å². The van der Waals surface area contributed by atoms with Crippen LogP contribution in [0.3, 0.4) is 0 Å². The van der Waals surface area contributed by atoms with E-state index in [-0.39, 0.29) is 25.0 Å². The van der Waals surface area contributed by atoms with Crippen molar-refractivity contribution in [2.75, 3.05) is 18.1 Å². The lowest BCUT2D eigenvalue weighted by Gasteiger charge is -2.18. The first-order valence-corrected chi connectivity index (χ1v) is 7.27. The molecule has 22 heavy (non-hydrogen) atoms. The summed E-state index contributed by atoms with van der Waals surface area (Å²) in [4.78, 5) is 36.7. The Hall–Kier alpha value is -2.37. The van der Waals surface area contributed by atoms with Crippen LogP contribution in [0.25, 0.3) is 0 Å². The molecule has 1 saturated heterocycles. The molecule has 2 rings (SSSR count). The Bertz CT molecular complexity index is 612. The third-order valence-corrected chi connectivity index (χ3v) is 3.72. The average molecular weight is 304 g/mol. The van der Waals surface area contributed by atoms with Gasteiger partial charge in [0.25, 0.3) is 0 Å². The van der Waals surface area contributed by atoms with Crippen LogP contribution in [0.1, 0.15) is 24.5 Å². The smallest absolute Gasteiger partial charge is 0.396 e. The summed E-state index contributed by atoms with van der Waals surface area (Å²) in [5.74, 6) is -1.79. The second-order valence-corrected chi connectivity index (χ2v) is 5.37. The van der Waals surface area contributed by atoms with E-state index in [1.165, 1.54) is 0 Å². The van der Waals surface area contributed by atoms with Gasteiger partial charge < -0.3 is 15.0 Å². The summed E-state index contributed by atoms with van der Waals surface area (Å²) >= 11 is 0. The van der Waals surface area contributed by atoms with Crippen molar-refractivity contribution < 1.29 is 19.1 Å². The van der Waals surface area contributed by atoms with Gasteiger partial charge in [-0.15, -0.1) is 0 Å². The van der Waals surface area contributed by atoms with Crippen molar-refractivity contribution >= 4 is 23.5 Å². The van der Waals surface area contributed by atoms with Gasteiger partial charge >= 0.3 is 11.9 Å². The Morgan fingerprint density at radius 1 is 1.32 bits per heavy atom. The number of ether oxygens (including phenoxy) is 1. The van der Waals surface area contributed by atoms with Gasteiger partial charge in [-0.3, -0.25) is 9.59 Å². The van der Waals surface area contributed by atoms with Crippen molar-refractivity contribution in [3.05, 3.63) is 29.3 Å². The quantitative estimate of drug-likeness (QED) is 0.670. The predicted molar refractivity (Wildman–Crippen MR) is 81.4 cm³/mol. The molecule has 1 aliphatic rings. The maximum absolute atomic E-state index is 12.1. The first kappa shape index (κ1) is 16.0. The molecular weight excluding hydrogens is 284 g/mol. The van der Waals surface area contributed by atoms with E-state index in [9.17, 15) is 14.4 Å². The van der Waals surface area contributed by atoms with E-state index < -0.39 is 11.9 Å². The number of carbonyl (C=O) groups is 3. The highest BCUT2D eigenvalue weighted by Gasteiger charge is 2.33. The fourth-order valence-corrected chi connectivity index (χ4v) is 2.39. The van der Waals surface area contributed by atoms with Gasteiger partial charge in [-0.1, -0.05) is 6.07 Å². The van der Waals surface area contributed by atoms with Gasteiger partial charge in [-0.25, -0.2) is 4.79 Å². The molecule has 1 atom stereocenters. The summed E-state index contributed by atoms with van der Waals surface area (Å²) in [5.41, 5.74) is 3.06. The number of nitrogens with zero attached hydrogens (tertiary/aromatic N) is 1. The van der Waals surface area contributed by atoms with Crippen LogP contribution in [0.15, 0.2) is 18.2 Å². The zero-order valence-corrected chi connectivity index (χ0v) is 13.0. The highest BCUT2D eigenvalue weighted by molar-refractivity contribution is 6.32. The standard InChI is InChI=1S/C16H20N2O4/c1-4-22-16(21)15(20)17-12-8-14(19)18(9-12)13-6-5-10(2)11(3)7-13/h5-7,12H,4,8-9H2,1-3H3,(H,17,20). The van der Waals surface area contributed by atoms with Gasteiger partial charge in [0.15, 0.2) is 0 Å². The minimum Gasteiger partial charge on any atom is -0.459 e. The number of rotatable bonds is 3. The zero-order valence-electron chi connectivity index (χ0n) is 13.0. The van der Waals surface area contributed by atoms with E-state index in [4.69, 9.17) is 0 Å². The van der Waals surface area contributed by atoms with Crippen molar-refractivity contribution in [2.24, 2.45) is 0 Å². The van der Waals surface area contributed by atoms with Gasteiger partial charge in [0, 0.05) is 18.7 Å². The lowest BCUT2D eigenvalue weighted by Crippen LogP contribution is -2.41. The van der Waals surface area contributed by atoms with Gasteiger partial charge in [0.1, 0.15) is 0 Å². The van der Waals surface area contributed by atoms with Gasteiger partial charge in [0.05, 0.1) is 12.6 Å². The molecule has 1 fully saturated rings. The molecule has 1 N–H and O–H groups in total. The Morgan fingerprint density at radius 3 is 2.68 bits per heavy atom. The summed E-state index contributed by atoms with van der Waals surface area (Å²) < 4.78 is 4.63. The van der Waals surface area contributed by atoms with Crippen LogP contribution in [-0.2, 0) is 19.1 Å². The van der Waals surface area contributed by atoms with Crippen LogP contribution in [0, 0.1) is 13.8 Å². The molecule has 0 bridgehead atoms. The third kappa shape index (κ3) is 3.44. The molecule has 1 unspecified atom stereocenters. The minimum absolute atomic E-state index is 0.0718. The lowest BCUT2D eigenvalue weighted by atomic mass is 10.1. The normalized spacial score (nSPS) is 17.5. The summed E-state index contributed by atoms with van der Waals surface area (Å²) in [7, 11) is 0. The largest absolute Gasteiger partial charge is 0.459 e. The number of carbonyl (C=O) groups excluding carboxylic acids is 3. The number of amides is 2. The molecule has 1 aliphatic heterocycles. The molecule has 0 saturated carbocycles. The van der Waals surface area contributed by atoms with Crippen LogP contribution < -0.4 is 10.2 Å². The number of hydrogen-bond donors (Lipinski definition) is 1. The van der Waals surface area contributed by atoms with Crippen LogP contribution >= 0.6 is 0 Å². The number of hydrogen-bond acceptors (Lipinski definition) is 4. The number of nitrogens with one attached hydrogen (secondary N) is 1. The Balaban J connectivity index is 2.03. The van der Waals surface area contributed by atoms with E-state index >= 15 is 0 Å². The number of benzene rings is 1. The molecule has 2 amide bonds. The van der Waals surface area contributed by atoms with E-state index in [0.29, 0.717) is 6.54 Å². The first-order valence-electron chi connectivity index (χ1n) is 7.27. The average Bonchev–Trinajstić information content (AvgIpc) is 2.83. The number of aryl methyl sites for hydroxylation is 2. The molecule has 1 heterocycles. The summed E-state index contributed by atoms with van der Waals surface area (Å²) in [6, 6.07) is 5.41. The molecule has 6 nitrogen and oxygen atoms in total. The summed E-state index contributed by atoms with van der Waals surface area (Å²) in [6.45, 7) is 6.12. The SMILES string of the molecule is CCOC(=O)C(=O)NC1CC(=O)N(c2ccc(C)c(C)c2)C1. The van der Waals surface area contributed by atoms with Crippen LogP contribution in [-0.4, -0.2) is 37.0 Å². The fraction of sp³-hybridized carbons (Fsp3) is 0.438. The predicted octanol–water partition coefficient (Wildman–Crippen LogP) is 1.09. The molecule has 0 aliphatic carbocycles. The Kier molecular flexibility index (Phi) is 4.80. The molecular formula is C16H20N2O4. The highest BCUT2D eigenvalue weighted by atomic mass is 16.5. The molecule has 0 spiro atoms. The van der Waals surface area contributed by atoms with E-state index in [1.54, 1.807) is 11.8 Å².